The van der Waals surface area contributed by atoms with Gasteiger partial charge in [0.1, 0.15) is 9.84 Å². The van der Waals surface area contributed by atoms with Crippen LogP contribution in [0.4, 0.5) is 0 Å². The van der Waals surface area contributed by atoms with E-state index in [1.54, 1.807) is 0 Å². The fourth-order valence-corrected chi connectivity index (χ4v) is 3.85. The molecule has 0 aromatic rings. The number of hydrogen-bond donors (Lipinski definition) is 1. The molecule has 0 rings (SSSR count). The molecule has 0 aromatic carbocycles. The topological polar surface area (TPSA) is 80.3 Å². The molecule has 0 aliphatic carbocycles. The van der Waals surface area contributed by atoms with Crippen LogP contribution in [0.2, 0.25) is 0 Å². The molecule has 8 heteroatoms. The molecule has 0 saturated carbocycles. The Morgan fingerprint density at radius 1 is 1.23 bits per heavy atom. The summed E-state index contributed by atoms with van der Waals surface area (Å²) in [4.78, 5) is 0. The van der Waals surface area contributed by atoms with E-state index in [4.69, 9.17) is 10.7 Å². The summed E-state index contributed by atoms with van der Waals surface area (Å²) in [6, 6.07) is 0. The molecule has 0 radical (unpaired) electrons. The number of sulfone groups is 1. The van der Waals surface area contributed by atoms with E-state index in [-0.39, 0.29) is 5.75 Å². The smallest absolute Gasteiger partial charge is 0.229 e. The fraction of sp³-hybridized carbons (Fsp3) is 1.00. The Labute approximate surface area is 82.9 Å². The van der Waals surface area contributed by atoms with Crippen LogP contribution in [0.3, 0.4) is 0 Å². The molecule has 0 aliphatic rings. The van der Waals surface area contributed by atoms with Crippen LogP contribution in [-0.2, 0) is 19.1 Å². The highest BCUT2D eigenvalue weighted by molar-refractivity contribution is 8.12. The summed E-state index contributed by atoms with van der Waals surface area (Å²) >= 11 is 0. The minimum absolute atomic E-state index is 0.300. The minimum Gasteiger partial charge on any atom is -0.229 e. The maximum Gasteiger partial charge on any atom is 0.297 e. The van der Waals surface area contributed by atoms with Crippen LogP contribution in [0.1, 0.15) is 13.8 Å². The van der Waals surface area contributed by atoms with Crippen molar-refractivity contribution in [1.29, 1.82) is 0 Å². The van der Waals surface area contributed by atoms with Gasteiger partial charge in [-0.15, -0.1) is 0 Å². The van der Waals surface area contributed by atoms with E-state index in [2.05, 4.69) is 0 Å². The predicted octanol–water partition coefficient (Wildman–Crippen LogP) is -0.117. The molecule has 0 fully saturated rings. The van der Waals surface area contributed by atoms with Gasteiger partial charge in [-0.25, -0.2) is 8.42 Å². The summed E-state index contributed by atoms with van der Waals surface area (Å²) in [5, 5.41) is 0. The third-order valence-electron chi connectivity index (χ3n) is 1.02. The Morgan fingerprint density at radius 3 is 1.85 bits per heavy atom. The zero-order chi connectivity index (χ0) is 10.9. The van der Waals surface area contributed by atoms with Crippen LogP contribution in [0.5, 0.6) is 0 Å². The molecule has 0 bridgehead atoms. The lowest BCUT2D eigenvalue weighted by molar-refractivity contribution is 0.493. The van der Waals surface area contributed by atoms with Crippen molar-refractivity contribution in [3.8, 4) is 0 Å². The molecule has 0 heterocycles. The van der Waals surface area contributed by atoms with Crippen molar-refractivity contribution in [2.75, 3.05) is 12.0 Å². The summed E-state index contributed by atoms with van der Waals surface area (Å²) in [5.41, 5.74) is -1.09. The van der Waals surface area contributed by atoms with E-state index in [0.717, 1.165) is 6.26 Å². The van der Waals surface area contributed by atoms with E-state index in [1.165, 1.54) is 13.8 Å². The molecule has 1 N–H and O–H groups in total. The monoisotopic (exact) mass is 249 g/mol. The maximum atomic E-state index is 10.9. The summed E-state index contributed by atoms with van der Waals surface area (Å²) in [6.45, 7) is 2.88. The third-order valence-corrected chi connectivity index (χ3v) is 3.30. The van der Waals surface area contributed by atoms with Gasteiger partial charge in [0.05, 0.1) is 5.75 Å². The molecule has 80 valence electrons. The van der Waals surface area contributed by atoms with Crippen LogP contribution >= 0.6 is 10.7 Å². The van der Waals surface area contributed by atoms with Gasteiger partial charge in [0.25, 0.3) is 9.24 Å². The summed E-state index contributed by atoms with van der Waals surface area (Å²) in [5.74, 6) is -0.300. The Kier molecular flexibility index (Phi) is 3.76. The minimum atomic E-state index is -3.90. The molecular formula is C5H12ClNO4S2. The molecule has 0 atom stereocenters. The largest absolute Gasteiger partial charge is 0.297 e. The van der Waals surface area contributed by atoms with Crippen molar-refractivity contribution in [2.24, 2.45) is 0 Å². The number of hydrogen-bond acceptors (Lipinski definition) is 4. The van der Waals surface area contributed by atoms with Gasteiger partial charge in [0.15, 0.2) is 0 Å². The lowest BCUT2D eigenvalue weighted by Gasteiger charge is -2.22. The first-order chi connectivity index (χ1) is 5.41. The number of halogens is 1. The zero-order valence-corrected chi connectivity index (χ0v) is 9.92. The molecule has 0 amide bonds. The number of rotatable bonds is 4. The second kappa shape index (κ2) is 3.72. The van der Waals surface area contributed by atoms with Crippen molar-refractivity contribution in [3.63, 3.8) is 0 Å². The van der Waals surface area contributed by atoms with Crippen LogP contribution in [0, 0.1) is 0 Å². The lowest BCUT2D eigenvalue weighted by atomic mass is 10.1. The van der Waals surface area contributed by atoms with Crippen molar-refractivity contribution in [1.82, 2.24) is 4.72 Å². The average molecular weight is 250 g/mol. The fourth-order valence-electron chi connectivity index (χ4n) is 1.01. The summed E-state index contributed by atoms with van der Waals surface area (Å²) in [6.07, 6.45) is 1.03. The molecule has 13 heavy (non-hydrogen) atoms. The van der Waals surface area contributed by atoms with Gasteiger partial charge in [-0.3, -0.25) is 0 Å². The molecule has 0 saturated heterocycles. The van der Waals surface area contributed by atoms with Gasteiger partial charge < -0.3 is 0 Å². The Morgan fingerprint density at radius 2 is 1.62 bits per heavy atom. The second-order valence-electron chi connectivity index (χ2n) is 3.49. The highest BCUT2D eigenvalue weighted by atomic mass is 35.7. The Hall–Kier alpha value is 0.150. The van der Waals surface area contributed by atoms with E-state index >= 15 is 0 Å². The highest BCUT2D eigenvalue weighted by Gasteiger charge is 2.27. The van der Waals surface area contributed by atoms with Gasteiger partial charge in [0.2, 0.25) is 0 Å². The zero-order valence-electron chi connectivity index (χ0n) is 7.53. The van der Waals surface area contributed by atoms with E-state index < -0.39 is 24.6 Å². The molecule has 0 unspecified atom stereocenters. The second-order valence-corrected chi connectivity index (χ2v) is 7.93. The average Bonchev–Trinajstić information content (AvgIpc) is 1.43. The number of nitrogens with one attached hydrogen (secondary N) is 1. The molecule has 0 spiro atoms. The molecular weight excluding hydrogens is 238 g/mol. The van der Waals surface area contributed by atoms with Crippen LogP contribution < -0.4 is 4.72 Å². The van der Waals surface area contributed by atoms with Gasteiger partial charge in [-0.05, 0) is 13.8 Å². The van der Waals surface area contributed by atoms with Crippen molar-refractivity contribution >= 4 is 29.8 Å². The van der Waals surface area contributed by atoms with Crippen molar-refractivity contribution in [2.45, 2.75) is 19.4 Å². The van der Waals surface area contributed by atoms with Gasteiger partial charge in [-0.1, -0.05) is 0 Å². The van der Waals surface area contributed by atoms with Crippen LogP contribution in [-0.4, -0.2) is 34.4 Å². The molecule has 0 aromatic heterocycles. The van der Waals surface area contributed by atoms with Crippen LogP contribution in [0.15, 0.2) is 0 Å². The summed E-state index contributed by atoms with van der Waals surface area (Å²) < 4.78 is 44.9. The Bertz CT molecular complexity index is 333. The first-order valence-corrected chi connectivity index (χ1v) is 7.70. The van der Waals surface area contributed by atoms with Gasteiger partial charge >= 0.3 is 0 Å². The van der Waals surface area contributed by atoms with Gasteiger partial charge in [0, 0.05) is 22.5 Å². The van der Waals surface area contributed by atoms with E-state index in [9.17, 15) is 16.8 Å². The standard InChI is InChI=1S/C5H12ClNO4S2/c1-5(2,4-12(3,8)9)7-13(6,10)11/h7H,4H2,1-3H3. The highest BCUT2D eigenvalue weighted by Crippen LogP contribution is 2.09. The normalized spacial score (nSPS) is 14.5. The maximum absolute atomic E-state index is 10.9. The third kappa shape index (κ3) is 8.48. The molecule has 5 nitrogen and oxygen atoms in total. The Balaban J connectivity index is 4.62. The van der Waals surface area contributed by atoms with E-state index in [0.29, 0.717) is 0 Å². The van der Waals surface area contributed by atoms with Crippen molar-refractivity contribution in [3.05, 3.63) is 0 Å². The summed E-state index contributed by atoms with van der Waals surface area (Å²) in [7, 11) is -2.22. The SMILES string of the molecule is CC(C)(CS(C)(=O)=O)NS(=O)(=O)Cl. The van der Waals surface area contributed by atoms with Crippen LogP contribution in [0.25, 0.3) is 0 Å². The van der Waals surface area contributed by atoms with Gasteiger partial charge in [-0.2, -0.15) is 13.1 Å². The quantitative estimate of drug-likeness (QED) is 0.705. The lowest BCUT2D eigenvalue weighted by Crippen LogP contribution is -2.46. The van der Waals surface area contributed by atoms with E-state index in [1.807, 2.05) is 4.72 Å². The first-order valence-electron chi connectivity index (χ1n) is 3.33. The predicted molar refractivity (Wildman–Crippen MR) is 51.7 cm³/mol. The van der Waals surface area contributed by atoms with Crippen molar-refractivity contribution < 1.29 is 16.8 Å². The first kappa shape index (κ1) is 13.2. The molecule has 0 aliphatic heterocycles.